The molecule has 0 aliphatic carbocycles. The summed E-state index contributed by atoms with van der Waals surface area (Å²) in [6.07, 6.45) is 3.70. The van der Waals surface area contributed by atoms with Gasteiger partial charge in [-0.3, -0.25) is 4.98 Å². The zero-order valence-corrected chi connectivity index (χ0v) is 12.9. The van der Waals surface area contributed by atoms with Gasteiger partial charge in [0.25, 0.3) is 0 Å². The molecule has 0 saturated carbocycles. The van der Waals surface area contributed by atoms with Crippen LogP contribution in [0.3, 0.4) is 0 Å². The summed E-state index contributed by atoms with van der Waals surface area (Å²) in [5, 5.41) is 6.50. The molecule has 3 rings (SSSR count). The Hall–Kier alpha value is -1.58. The number of nitrogens with zero attached hydrogens (tertiary/aromatic N) is 1. The largest absolute Gasteiger partial charge is 0.380 e. The van der Waals surface area contributed by atoms with Crippen LogP contribution in [-0.2, 0) is 6.54 Å². The summed E-state index contributed by atoms with van der Waals surface area (Å²) in [5.41, 5.74) is 2.22. The molecule has 1 heterocycles. The van der Waals surface area contributed by atoms with E-state index in [0.29, 0.717) is 0 Å². The molecule has 0 radical (unpaired) electrons. The third-order valence-corrected chi connectivity index (χ3v) is 4.10. The molecule has 100 valence electrons. The number of rotatable bonds is 3. The molecule has 0 atom stereocenters. The van der Waals surface area contributed by atoms with Crippen LogP contribution in [0.4, 0.5) is 5.69 Å². The summed E-state index contributed by atoms with van der Waals surface area (Å²) in [6, 6.07) is 14.0. The van der Waals surface area contributed by atoms with E-state index in [0.717, 1.165) is 27.1 Å². The Balaban J connectivity index is 1.89. The van der Waals surface area contributed by atoms with Crippen molar-refractivity contribution in [1.29, 1.82) is 0 Å². The average Bonchev–Trinajstić information content (AvgIpc) is 2.48. The van der Waals surface area contributed by atoms with Crippen molar-refractivity contribution in [2.75, 3.05) is 5.32 Å². The molecule has 20 heavy (non-hydrogen) atoms. The standard InChI is InChI=1S/C16H12BrClN2/c17-15-5-4-13(18)8-16(15)20-10-12-3-1-2-11-9-19-7-6-14(11)12/h1-9,20H,10H2. The Bertz CT molecular complexity index is 753. The van der Waals surface area contributed by atoms with E-state index in [1.807, 2.05) is 42.7 Å². The number of benzene rings is 2. The van der Waals surface area contributed by atoms with Crippen LogP contribution in [0.15, 0.2) is 59.3 Å². The highest BCUT2D eigenvalue weighted by Gasteiger charge is 2.03. The highest BCUT2D eigenvalue weighted by molar-refractivity contribution is 9.10. The molecule has 4 heteroatoms. The lowest BCUT2D eigenvalue weighted by atomic mass is 10.1. The first-order valence-corrected chi connectivity index (χ1v) is 7.42. The summed E-state index contributed by atoms with van der Waals surface area (Å²) in [5.74, 6) is 0. The second-order valence-corrected chi connectivity index (χ2v) is 5.78. The molecule has 0 fully saturated rings. The first kappa shape index (κ1) is 13.4. The van der Waals surface area contributed by atoms with Gasteiger partial charge in [-0.1, -0.05) is 29.8 Å². The second kappa shape index (κ2) is 5.81. The Labute approximate surface area is 130 Å². The normalized spacial score (nSPS) is 10.7. The van der Waals surface area contributed by atoms with Gasteiger partial charge in [0, 0.05) is 33.8 Å². The van der Waals surface area contributed by atoms with Gasteiger partial charge < -0.3 is 5.32 Å². The van der Waals surface area contributed by atoms with Gasteiger partial charge >= 0.3 is 0 Å². The topological polar surface area (TPSA) is 24.9 Å². The fourth-order valence-corrected chi connectivity index (χ4v) is 2.73. The summed E-state index contributed by atoms with van der Waals surface area (Å²) in [6.45, 7) is 0.736. The lowest BCUT2D eigenvalue weighted by molar-refractivity contribution is 1.16. The maximum Gasteiger partial charge on any atom is 0.0502 e. The molecule has 0 bridgehead atoms. The SMILES string of the molecule is Clc1ccc(Br)c(NCc2cccc3cnccc23)c1. The van der Waals surface area contributed by atoms with Crippen molar-refractivity contribution in [3.05, 3.63) is 69.9 Å². The summed E-state index contributed by atoms with van der Waals surface area (Å²) in [7, 11) is 0. The van der Waals surface area contributed by atoms with E-state index >= 15 is 0 Å². The van der Waals surface area contributed by atoms with Crippen molar-refractivity contribution < 1.29 is 0 Å². The zero-order valence-electron chi connectivity index (χ0n) is 10.6. The Morgan fingerprint density at radius 3 is 2.95 bits per heavy atom. The van der Waals surface area contributed by atoms with Gasteiger partial charge in [-0.05, 0) is 51.1 Å². The molecule has 1 aromatic heterocycles. The van der Waals surface area contributed by atoms with Crippen LogP contribution < -0.4 is 5.32 Å². The molecule has 0 amide bonds. The second-order valence-electron chi connectivity index (χ2n) is 4.49. The predicted molar refractivity (Wildman–Crippen MR) is 88.2 cm³/mol. The van der Waals surface area contributed by atoms with Crippen LogP contribution in [0.25, 0.3) is 10.8 Å². The van der Waals surface area contributed by atoms with Crippen LogP contribution in [0.5, 0.6) is 0 Å². The Morgan fingerprint density at radius 2 is 2.05 bits per heavy atom. The first-order chi connectivity index (χ1) is 9.74. The highest BCUT2D eigenvalue weighted by atomic mass is 79.9. The Morgan fingerprint density at radius 1 is 1.15 bits per heavy atom. The monoisotopic (exact) mass is 346 g/mol. The lowest BCUT2D eigenvalue weighted by Crippen LogP contribution is -2.00. The van der Waals surface area contributed by atoms with E-state index in [1.165, 1.54) is 10.9 Å². The molecule has 0 saturated heterocycles. The number of halogens is 2. The van der Waals surface area contributed by atoms with Gasteiger partial charge in [-0.15, -0.1) is 0 Å². The van der Waals surface area contributed by atoms with Crippen LogP contribution >= 0.6 is 27.5 Å². The molecular formula is C16H12BrClN2. The van der Waals surface area contributed by atoms with E-state index in [1.54, 1.807) is 0 Å². The molecule has 0 unspecified atom stereocenters. The van der Waals surface area contributed by atoms with Crippen molar-refractivity contribution in [3.8, 4) is 0 Å². The number of aromatic nitrogens is 1. The number of anilines is 1. The number of nitrogens with one attached hydrogen (secondary N) is 1. The zero-order chi connectivity index (χ0) is 13.9. The maximum atomic E-state index is 6.02. The molecule has 1 N–H and O–H groups in total. The van der Waals surface area contributed by atoms with Gasteiger partial charge in [0.15, 0.2) is 0 Å². The van der Waals surface area contributed by atoms with E-state index in [2.05, 4.69) is 38.4 Å². The molecular weight excluding hydrogens is 336 g/mol. The van der Waals surface area contributed by atoms with Gasteiger partial charge in [-0.2, -0.15) is 0 Å². The summed E-state index contributed by atoms with van der Waals surface area (Å²) >= 11 is 9.55. The molecule has 2 aromatic carbocycles. The number of pyridine rings is 1. The van der Waals surface area contributed by atoms with Crippen molar-refractivity contribution in [2.24, 2.45) is 0 Å². The third-order valence-electron chi connectivity index (χ3n) is 3.17. The predicted octanol–water partition coefficient (Wildman–Crippen LogP) is 5.26. The van der Waals surface area contributed by atoms with Gasteiger partial charge in [0.2, 0.25) is 0 Å². The van der Waals surface area contributed by atoms with Crippen LogP contribution in [0.2, 0.25) is 5.02 Å². The summed E-state index contributed by atoms with van der Waals surface area (Å²) in [4.78, 5) is 4.15. The highest BCUT2D eigenvalue weighted by Crippen LogP contribution is 2.27. The van der Waals surface area contributed by atoms with Gasteiger partial charge in [-0.25, -0.2) is 0 Å². The van der Waals surface area contributed by atoms with E-state index < -0.39 is 0 Å². The summed E-state index contributed by atoms with van der Waals surface area (Å²) < 4.78 is 1.00. The average molecular weight is 348 g/mol. The maximum absolute atomic E-state index is 6.02. The van der Waals surface area contributed by atoms with Crippen molar-refractivity contribution in [2.45, 2.75) is 6.54 Å². The number of hydrogen-bond acceptors (Lipinski definition) is 2. The van der Waals surface area contributed by atoms with Crippen LogP contribution in [0, 0.1) is 0 Å². The molecule has 0 aliphatic heterocycles. The third kappa shape index (κ3) is 2.79. The minimum absolute atomic E-state index is 0.720. The van der Waals surface area contributed by atoms with Gasteiger partial charge in [0.05, 0.1) is 5.69 Å². The first-order valence-electron chi connectivity index (χ1n) is 6.24. The molecule has 2 nitrogen and oxygen atoms in total. The van der Waals surface area contributed by atoms with Crippen LogP contribution in [0.1, 0.15) is 5.56 Å². The molecule has 0 aliphatic rings. The lowest BCUT2D eigenvalue weighted by Gasteiger charge is -2.11. The van der Waals surface area contributed by atoms with Crippen molar-refractivity contribution >= 4 is 44.0 Å². The fourth-order valence-electron chi connectivity index (χ4n) is 2.17. The van der Waals surface area contributed by atoms with E-state index in [4.69, 9.17) is 11.6 Å². The number of hydrogen-bond donors (Lipinski definition) is 1. The van der Waals surface area contributed by atoms with Crippen LogP contribution in [-0.4, -0.2) is 4.98 Å². The fraction of sp³-hybridized carbons (Fsp3) is 0.0625. The minimum atomic E-state index is 0.720. The van der Waals surface area contributed by atoms with Gasteiger partial charge in [0.1, 0.15) is 0 Å². The molecule has 0 spiro atoms. The Kier molecular flexibility index (Phi) is 3.90. The smallest absolute Gasteiger partial charge is 0.0502 e. The quantitative estimate of drug-likeness (QED) is 0.699. The van der Waals surface area contributed by atoms with E-state index in [-0.39, 0.29) is 0 Å². The number of fused-ring (bicyclic) bond motifs is 1. The van der Waals surface area contributed by atoms with Crippen molar-refractivity contribution in [3.63, 3.8) is 0 Å². The minimum Gasteiger partial charge on any atom is -0.380 e. The van der Waals surface area contributed by atoms with E-state index in [9.17, 15) is 0 Å². The molecule has 3 aromatic rings. The van der Waals surface area contributed by atoms with Crippen molar-refractivity contribution in [1.82, 2.24) is 4.98 Å².